The first-order chi connectivity index (χ1) is 8.76. The van der Waals surface area contributed by atoms with Crippen LogP contribution in [0, 0.1) is 12.7 Å². The second-order valence-corrected chi connectivity index (χ2v) is 5.27. The van der Waals surface area contributed by atoms with Gasteiger partial charge < -0.3 is 11.1 Å². The summed E-state index contributed by atoms with van der Waals surface area (Å²) in [6, 6.07) is 1.17. The van der Waals surface area contributed by atoms with Gasteiger partial charge in [0, 0.05) is 18.2 Å². The maximum atomic E-state index is 13.6. The van der Waals surface area contributed by atoms with E-state index in [1.54, 1.807) is 13.8 Å². The van der Waals surface area contributed by atoms with Gasteiger partial charge in [0.15, 0.2) is 5.78 Å². The minimum atomic E-state index is -0.961. The number of hydrogen-bond acceptors (Lipinski definition) is 3. The molecule has 0 fully saturated rings. The van der Waals surface area contributed by atoms with E-state index in [-0.39, 0.29) is 17.4 Å². The largest absolute Gasteiger partial charge is 0.398 e. The highest BCUT2D eigenvalue weighted by Gasteiger charge is 2.41. The molecule has 0 saturated heterocycles. The van der Waals surface area contributed by atoms with E-state index >= 15 is 0 Å². The van der Waals surface area contributed by atoms with Crippen LogP contribution in [0.3, 0.4) is 0 Å². The second kappa shape index (κ2) is 4.33. The van der Waals surface area contributed by atoms with Crippen molar-refractivity contribution in [1.82, 2.24) is 5.32 Å². The van der Waals surface area contributed by atoms with Gasteiger partial charge in [-0.05, 0) is 43.9 Å². The summed E-state index contributed by atoms with van der Waals surface area (Å²) in [6.07, 6.45) is 0.966. The van der Waals surface area contributed by atoms with Crippen molar-refractivity contribution in [3.05, 3.63) is 28.6 Å². The number of benzene rings is 1. The molecule has 0 bridgehead atoms. The lowest BCUT2D eigenvalue weighted by Crippen LogP contribution is -2.54. The molecule has 19 heavy (non-hydrogen) atoms. The zero-order valence-electron chi connectivity index (χ0n) is 11.3. The first-order valence-electron chi connectivity index (χ1n) is 6.17. The molecule has 0 aromatic heterocycles. The van der Waals surface area contributed by atoms with E-state index in [4.69, 9.17) is 5.73 Å². The topological polar surface area (TPSA) is 72.2 Å². The van der Waals surface area contributed by atoms with E-state index in [2.05, 4.69) is 5.32 Å². The summed E-state index contributed by atoms with van der Waals surface area (Å²) in [4.78, 5) is 23.8. The fourth-order valence-electron chi connectivity index (χ4n) is 2.68. The lowest BCUT2D eigenvalue weighted by Gasteiger charge is -2.35. The molecule has 1 aromatic carbocycles. The van der Waals surface area contributed by atoms with Crippen LogP contribution in [-0.4, -0.2) is 17.2 Å². The van der Waals surface area contributed by atoms with Crippen LogP contribution >= 0.6 is 0 Å². The molecule has 1 aliphatic rings. The third kappa shape index (κ3) is 2.09. The molecular weight excluding hydrogens is 247 g/mol. The Hall–Kier alpha value is -1.91. The van der Waals surface area contributed by atoms with Crippen LogP contribution in [0.15, 0.2) is 6.07 Å². The number of carbonyl (C=O) groups excluding carboxylic acids is 2. The third-order valence-electron chi connectivity index (χ3n) is 3.74. The Morgan fingerprint density at radius 1 is 1.53 bits per heavy atom. The quantitative estimate of drug-likeness (QED) is 0.759. The molecule has 0 spiro atoms. The predicted molar refractivity (Wildman–Crippen MR) is 70.4 cm³/mol. The smallest absolute Gasteiger partial charge is 0.217 e. The Balaban J connectivity index is 2.56. The summed E-state index contributed by atoms with van der Waals surface area (Å²) in [5.41, 5.74) is 6.42. The highest BCUT2D eigenvalue weighted by Crippen LogP contribution is 2.35. The van der Waals surface area contributed by atoms with Crippen molar-refractivity contribution in [3.63, 3.8) is 0 Å². The molecule has 3 N–H and O–H groups in total. The van der Waals surface area contributed by atoms with Gasteiger partial charge in [-0.3, -0.25) is 9.59 Å². The molecule has 1 atom stereocenters. The Labute approximate surface area is 111 Å². The first kappa shape index (κ1) is 13.5. The van der Waals surface area contributed by atoms with Crippen LogP contribution in [-0.2, 0) is 11.2 Å². The maximum Gasteiger partial charge on any atom is 0.217 e. The van der Waals surface area contributed by atoms with Crippen molar-refractivity contribution >= 4 is 17.4 Å². The normalized spacial score (nSPS) is 22.0. The summed E-state index contributed by atoms with van der Waals surface area (Å²) in [7, 11) is 0. The van der Waals surface area contributed by atoms with Crippen molar-refractivity contribution in [1.29, 1.82) is 0 Å². The van der Waals surface area contributed by atoms with Gasteiger partial charge in [0.05, 0.1) is 0 Å². The van der Waals surface area contributed by atoms with E-state index in [1.165, 1.54) is 13.0 Å². The molecule has 5 heteroatoms. The number of nitrogens with two attached hydrogens (primary N) is 1. The first-order valence-corrected chi connectivity index (χ1v) is 6.17. The lowest BCUT2D eigenvalue weighted by molar-refractivity contribution is -0.120. The summed E-state index contributed by atoms with van der Waals surface area (Å²) in [5, 5.41) is 2.67. The van der Waals surface area contributed by atoms with Crippen molar-refractivity contribution in [3.8, 4) is 0 Å². The molecule has 1 aliphatic carbocycles. The van der Waals surface area contributed by atoms with Crippen LogP contribution in [0.25, 0.3) is 0 Å². The number of Topliss-reactive ketones (excluding diaryl/α,β-unsaturated/α-hetero) is 1. The van der Waals surface area contributed by atoms with Gasteiger partial charge >= 0.3 is 0 Å². The minimum Gasteiger partial charge on any atom is -0.398 e. The summed E-state index contributed by atoms with van der Waals surface area (Å²) < 4.78 is 13.6. The SMILES string of the molecule is CC(=O)NC1(C)CCc2c(C)c(F)cc(N)c2C1=O. The molecule has 1 aromatic rings. The van der Waals surface area contributed by atoms with Gasteiger partial charge in [-0.1, -0.05) is 0 Å². The van der Waals surface area contributed by atoms with E-state index in [9.17, 15) is 14.0 Å². The number of amides is 1. The fourth-order valence-corrected chi connectivity index (χ4v) is 2.68. The van der Waals surface area contributed by atoms with E-state index in [0.717, 1.165) is 0 Å². The van der Waals surface area contributed by atoms with Crippen LogP contribution in [0.1, 0.15) is 41.8 Å². The standard InChI is InChI=1S/C14H17FN2O2/c1-7-9-4-5-14(3,17-8(2)18)13(19)12(9)11(16)6-10(7)15/h6H,4-5,16H2,1-3H3,(H,17,18). The molecule has 2 rings (SSSR count). The molecule has 0 saturated carbocycles. The Morgan fingerprint density at radius 2 is 2.16 bits per heavy atom. The highest BCUT2D eigenvalue weighted by molar-refractivity contribution is 6.10. The molecule has 0 aliphatic heterocycles. The Kier molecular flexibility index (Phi) is 3.08. The van der Waals surface area contributed by atoms with Gasteiger partial charge in [-0.25, -0.2) is 4.39 Å². The third-order valence-corrected chi connectivity index (χ3v) is 3.74. The fraction of sp³-hybridized carbons (Fsp3) is 0.429. The van der Waals surface area contributed by atoms with Crippen LogP contribution < -0.4 is 11.1 Å². The molecule has 1 unspecified atom stereocenters. The number of nitrogen functional groups attached to an aromatic ring is 1. The van der Waals surface area contributed by atoms with Crippen LogP contribution in [0.5, 0.6) is 0 Å². The van der Waals surface area contributed by atoms with Crippen molar-refractivity contribution in [2.24, 2.45) is 0 Å². The van der Waals surface area contributed by atoms with Gasteiger partial charge in [-0.15, -0.1) is 0 Å². The number of nitrogens with one attached hydrogen (secondary N) is 1. The molecule has 102 valence electrons. The monoisotopic (exact) mass is 264 g/mol. The lowest BCUT2D eigenvalue weighted by atomic mass is 9.76. The molecule has 4 nitrogen and oxygen atoms in total. The van der Waals surface area contributed by atoms with E-state index < -0.39 is 11.4 Å². The summed E-state index contributed by atoms with van der Waals surface area (Å²) in [6.45, 7) is 4.69. The molecule has 0 heterocycles. The average molecular weight is 264 g/mol. The van der Waals surface area contributed by atoms with E-state index in [0.29, 0.717) is 29.5 Å². The number of ketones is 1. The predicted octanol–water partition coefficient (Wildman–Crippen LogP) is 1.74. The van der Waals surface area contributed by atoms with Gasteiger partial charge in [0.2, 0.25) is 5.91 Å². The Bertz CT molecular complexity index is 583. The maximum absolute atomic E-state index is 13.6. The van der Waals surface area contributed by atoms with Crippen LogP contribution in [0.2, 0.25) is 0 Å². The minimum absolute atomic E-state index is 0.138. The van der Waals surface area contributed by atoms with Crippen molar-refractivity contribution in [2.75, 3.05) is 5.73 Å². The number of anilines is 1. The van der Waals surface area contributed by atoms with Crippen molar-refractivity contribution in [2.45, 2.75) is 39.2 Å². The van der Waals surface area contributed by atoms with E-state index in [1.807, 2.05) is 0 Å². The van der Waals surface area contributed by atoms with Gasteiger partial charge in [0.25, 0.3) is 0 Å². The second-order valence-electron chi connectivity index (χ2n) is 5.27. The van der Waals surface area contributed by atoms with Crippen molar-refractivity contribution < 1.29 is 14.0 Å². The van der Waals surface area contributed by atoms with Gasteiger partial charge in [0.1, 0.15) is 11.4 Å². The number of halogens is 1. The average Bonchev–Trinajstić information content (AvgIpc) is 2.29. The Morgan fingerprint density at radius 3 is 2.74 bits per heavy atom. The highest BCUT2D eigenvalue weighted by atomic mass is 19.1. The summed E-state index contributed by atoms with van der Waals surface area (Å²) in [5.74, 6) is -0.909. The van der Waals surface area contributed by atoms with Gasteiger partial charge in [-0.2, -0.15) is 0 Å². The molecule has 1 amide bonds. The van der Waals surface area contributed by atoms with Crippen LogP contribution in [0.4, 0.5) is 10.1 Å². The molecular formula is C14H17FN2O2. The zero-order valence-corrected chi connectivity index (χ0v) is 11.3. The summed E-state index contributed by atoms with van der Waals surface area (Å²) >= 11 is 0. The molecule has 0 radical (unpaired) electrons. The number of carbonyl (C=O) groups is 2. The number of fused-ring (bicyclic) bond motifs is 1. The number of rotatable bonds is 1. The number of hydrogen-bond donors (Lipinski definition) is 2. The zero-order chi connectivity index (χ0) is 14.4.